The zero-order chi connectivity index (χ0) is 16.5. The van der Waals surface area contributed by atoms with E-state index >= 15 is 0 Å². The molecule has 4 nitrogen and oxygen atoms in total. The summed E-state index contributed by atoms with van der Waals surface area (Å²) >= 11 is 0. The summed E-state index contributed by atoms with van der Waals surface area (Å²) in [6.07, 6.45) is 10.5. The van der Waals surface area contributed by atoms with Gasteiger partial charge in [-0.05, 0) is 62.7 Å². The molecule has 4 aliphatic carbocycles. The molecule has 2 atom stereocenters. The first-order valence-corrected chi connectivity index (χ1v) is 9.08. The largest absolute Gasteiger partial charge is 0.508 e. The Hall–Kier alpha value is -1.94. The van der Waals surface area contributed by atoms with Crippen LogP contribution in [-0.4, -0.2) is 16.8 Å². The highest BCUT2D eigenvalue weighted by Crippen LogP contribution is 2.54. The Balaban J connectivity index is 1.64. The van der Waals surface area contributed by atoms with E-state index in [-0.39, 0.29) is 17.9 Å². The summed E-state index contributed by atoms with van der Waals surface area (Å²) < 4.78 is 0. The highest BCUT2D eigenvalue weighted by atomic mass is 16.3. The molecule has 1 heterocycles. The Bertz CT molecular complexity index is 796. The van der Waals surface area contributed by atoms with E-state index in [4.69, 9.17) is 0 Å². The zero-order valence-corrected chi connectivity index (χ0v) is 14.1. The molecule has 4 heteroatoms. The molecule has 0 saturated carbocycles. The van der Waals surface area contributed by atoms with E-state index in [0.29, 0.717) is 5.76 Å². The maximum Gasteiger partial charge on any atom is 0.120 e. The van der Waals surface area contributed by atoms with Crippen molar-refractivity contribution in [3.05, 3.63) is 57.2 Å². The van der Waals surface area contributed by atoms with Crippen LogP contribution in [0.15, 0.2) is 57.2 Å². The van der Waals surface area contributed by atoms with Gasteiger partial charge >= 0.3 is 0 Å². The first kappa shape index (κ1) is 14.4. The summed E-state index contributed by atoms with van der Waals surface area (Å²) in [5.41, 5.74) is 15.4. The molecular formula is C20H24N2O2. The second-order valence-electron chi connectivity index (χ2n) is 7.88. The number of hydrogen-bond donors (Lipinski definition) is 4. The van der Waals surface area contributed by atoms with Crippen molar-refractivity contribution in [3.8, 4) is 0 Å². The van der Waals surface area contributed by atoms with Crippen LogP contribution in [0.1, 0.15) is 45.4 Å². The fourth-order valence-corrected chi connectivity index (χ4v) is 5.36. The van der Waals surface area contributed by atoms with Crippen molar-refractivity contribution in [1.29, 1.82) is 0 Å². The summed E-state index contributed by atoms with van der Waals surface area (Å²) in [6, 6.07) is 0. The van der Waals surface area contributed by atoms with Crippen molar-refractivity contribution in [2.75, 3.05) is 6.61 Å². The van der Waals surface area contributed by atoms with Gasteiger partial charge in [0.1, 0.15) is 5.76 Å². The van der Waals surface area contributed by atoms with Gasteiger partial charge in [0.15, 0.2) is 0 Å². The number of aliphatic hydroxyl groups is 2. The van der Waals surface area contributed by atoms with E-state index in [1.54, 1.807) is 0 Å². The maximum absolute atomic E-state index is 10.7. The molecule has 2 unspecified atom stereocenters. The quantitative estimate of drug-likeness (QED) is 0.598. The van der Waals surface area contributed by atoms with Gasteiger partial charge in [-0.25, -0.2) is 0 Å². The molecule has 0 fully saturated rings. The van der Waals surface area contributed by atoms with Crippen LogP contribution in [0.5, 0.6) is 0 Å². The van der Waals surface area contributed by atoms with Gasteiger partial charge in [0, 0.05) is 28.2 Å². The van der Waals surface area contributed by atoms with Crippen molar-refractivity contribution in [3.63, 3.8) is 0 Å². The van der Waals surface area contributed by atoms with Crippen molar-refractivity contribution in [1.82, 2.24) is 10.9 Å². The van der Waals surface area contributed by atoms with Gasteiger partial charge in [-0.3, -0.25) is 0 Å². The fraction of sp³-hybridized carbons (Fsp3) is 0.500. The molecule has 5 rings (SSSR count). The van der Waals surface area contributed by atoms with Gasteiger partial charge in [-0.1, -0.05) is 11.6 Å². The number of nitrogens with one attached hydrogen (secondary N) is 2. The van der Waals surface area contributed by atoms with Gasteiger partial charge in [-0.15, -0.1) is 0 Å². The van der Waals surface area contributed by atoms with E-state index in [0.717, 1.165) is 55.4 Å². The summed E-state index contributed by atoms with van der Waals surface area (Å²) in [7, 11) is 0. The molecule has 0 bridgehead atoms. The van der Waals surface area contributed by atoms with Crippen molar-refractivity contribution >= 4 is 0 Å². The number of aliphatic hydroxyl groups excluding tert-OH is 2. The molecule has 0 aromatic carbocycles. The number of hydrazine groups is 1. The summed E-state index contributed by atoms with van der Waals surface area (Å²) in [5.74, 6) is 0.683. The molecule has 0 aromatic heterocycles. The van der Waals surface area contributed by atoms with Crippen molar-refractivity contribution in [2.24, 2.45) is 11.3 Å². The third-order valence-electron chi connectivity index (χ3n) is 6.60. The minimum absolute atomic E-state index is 0.138. The highest BCUT2D eigenvalue weighted by molar-refractivity contribution is 5.66. The Morgan fingerprint density at radius 1 is 1.33 bits per heavy atom. The lowest BCUT2D eigenvalue weighted by Crippen LogP contribution is -2.45. The van der Waals surface area contributed by atoms with Gasteiger partial charge in [0.2, 0.25) is 0 Å². The molecular weight excluding hydrogens is 300 g/mol. The minimum atomic E-state index is -0.138. The molecule has 126 valence electrons. The van der Waals surface area contributed by atoms with Crippen LogP contribution in [0.4, 0.5) is 0 Å². The summed E-state index contributed by atoms with van der Waals surface area (Å²) in [4.78, 5) is 0. The minimum Gasteiger partial charge on any atom is -0.508 e. The van der Waals surface area contributed by atoms with Crippen LogP contribution in [0.25, 0.3) is 0 Å². The Morgan fingerprint density at radius 3 is 3.04 bits per heavy atom. The van der Waals surface area contributed by atoms with Gasteiger partial charge in [0.05, 0.1) is 12.3 Å². The van der Waals surface area contributed by atoms with E-state index in [1.807, 2.05) is 6.08 Å². The van der Waals surface area contributed by atoms with Crippen LogP contribution in [0.3, 0.4) is 0 Å². The zero-order valence-electron chi connectivity index (χ0n) is 14.1. The second-order valence-corrected chi connectivity index (χ2v) is 7.88. The number of hydrogen-bond acceptors (Lipinski definition) is 4. The van der Waals surface area contributed by atoms with Crippen molar-refractivity contribution in [2.45, 2.75) is 45.4 Å². The third-order valence-corrected chi connectivity index (χ3v) is 6.60. The number of fused-ring (bicyclic) bond motifs is 4. The van der Waals surface area contributed by atoms with Gasteiger partial charge in [0.25, 0.3) is 0 Å². The lowest BCUT2D eigenvalue weighted by atomic mass is 9.66. The normalized spacial score (nSPS) is 34.0. The molecule has 24 heavy (non-hydrogen) atoms. The molecule has 1 aliphatic heterocycles. The van der Waals surface area contributed by atoms with E-state index in [1.165, 1.54) is 22.4 Å². The predicted molar refractivity (Wildman–Crippen MR) is 92.5 cm³/mol. The standard InChI is InChI=1S/C20H24N2O2/c1-20-7-3-2-4-15(20)16(24)9-14-13-8-11-5-6-12(10-23)17(11)18(13)21-22-19(14)20/h4,9,12,21-24H,2-3,5-8,10H2,1H3. The molecule has 5 aliphatic rings. The fourth-order valence-electron chi connectivity index (χ4n) is 5.36. The van der Waals surface area contributed by atoms with Crippen LogP contribution in [0.2, 0.25) is 0 Å². The van der Waals surface area contributed by atoms with Crippen LogP contribution in [-0.2, 0) is 0 Å². The molecule has 4 N–H and O–H groups in total. The predicted octanol–water partition coefficient (Wildman–Crippen LogP) is 3.28. The van der Waals surface area contributed by atoms with Crippen molar-refractivity contribution < 1.29 is 10.2 Å². The molecule has 0 saturated heterocycles. The summed E-state index contributed by atoms with van der Waals surface area (Å²) in [5, 5.41) is 20.4. The average Bonchev–Trinajstić information content (AvgIpc) is 3.14. The van der Waals surface area contributed by atoms with Crippen LogP contribution < -0.4 is 10.9 Å². The molecule has 0 spiro atoms. The Morgan fingerprint density at radius 2 is 2.21 bits per heavy atom. The number of allylic oxidation sites excluding steroid dienone is 8. The van der Waals surface area contributed by atoms with E-state index < -0.39 is 0 Å². The first-order chi connectivity index (χ1) is 11.6. The number of rotatable bonds is 1. The van der Waals surface area contributed by atoms with Crippen LogP contribution >= 0.6 is 0 Å². The van der Waals surface area contributed by atoms with E-state index in [9.17, 15) is 10.2 Å². The molecule has 0 radical (unpaired) electrons. The van der Waals surface area contributed by atoms with Crippen LogP contribution in [0, 0.1) is 11.3 Å². The van der Waals surface area contributed by atoms with Gasteiger partial charge < -0.3 is 21.1 Å². The third kappa shape index (κ3) is 1.67. The highest BCUT2D eigenvalue weighted by Gasteiger charge is 2.45. The maximum atomic E-state index is 10.7. The smallest absolute Gasteiger partial charge is 0.120 e. The monoisotopic (exact) mass is 324 g/mol. The lowest BCUT2D eigenvalue weighted by molar-refractivity contribution is 0.245. The Labute approximate surface area is 142 Å². The molecule has 0 amide bonds. The summed E-state index contributed by atoms with van der Waals surface area (Å²) in [6.45, 7) is 2.46. The second kappa shape index (κ2) is 4.79. The topological polar surface area (TPSA) is 64.5 Å². The average molecular weight is 324 g/mol. The SMILES string of the molecule is CC12CCCC=C1C(O)=CC1=C2NNC2=C1CC1=C2C(CO)CC1. The van der Waals surface area contributed by atoms with E-state index in [2.05, 4.69) is 23.9 Å². The molecule has 0 aromatic rings. The Kier molecular flexibility index (Phi) is 2.88. The first-order valence-electron chi connectivity index (χ1n) is 9.08. The van der Waals surface area contributed by atoms with Gasteiger partial charge in [-0.2, -0.15) is 0 Å². The lowest BCUT2D eigenvalue weighted by Gasteiger charge is -2.43.